The molecule has 0 spiro atoms. The molecule has 0 heterocycles. The molecule has 1 aliphatic carbocycles. The van der Waals surface area contributed by atoms with Crippen molar-refractivity contribution in [1.29, 1.82) is 0 Å². The van der Waals surface area contributed by atoms with Crippen molar-refractivity contribution in [2.75, 3.05) is 21.3 Å². The standard InChI is InChI=1S/C15H22O4/c1-17-11-6-7-12(13(10-11)18-2)14(16)15(19-3)8-4-5-9-15/h6-7,10,14,16H,4-5,8-9H2,1-3H3. The van der Waals surface area contributed by atoms with Crippen LogP contribution < -0.4 is 9.47 Å². The maximum absolute atomic E-state index is 10.7. The highest BCUT2D eigenvalue weighted by molar-refractivity contribution is 5.43. The van der Waals surface area contributed by atoms with Crippen LogP contribution in [0.3, 0.4) is 0 Å². The Hall–Kier alpha value is -1.26. The van der Waals surface area contributed by atoms with E-state index in [2.05, 4.69) is 0 Å². The molecule has 1 fully saturated rings. The third-order valence-electron chi connectivity index (χ3n) is 4.09. The van der Waals surface area contributed by atoms with E-state index >= 15 is 0 Å². The Morgan fingerprint density at radius 2 is 1.79 bits per heavy atom. The molecule has 2 rings (SSSR count). The van der Waals surface area contributed by atoms with Crippen LogP contribution in [0.25, 0.3) is 0 Å². The molecule has 1 saturated carbocycles. The van der Waals surface area contributed by atoms with Crippen molar-refractivity contribution in [1.82, 2.24) is 0 Å². The van der Waals surface area contributed by atoms with Crippen LogP contribution in [0.5, 0.6) is 11.5 Å². The van der Waals surface area contributed by atoms with Gasteiger partial charge in [0.1, 0.15) is 17.6 Å². The van der Waals surface area contributed by atoms with E-state index < -0.39 is 11.7 Å². The molecule has 19 heavy (non-hydrogen) atoms. The summed E-state index contributed by atoms with van der Waals surface area (Å²) in [7, 11) is 4.88. The number of aliphatic hydroxyl groups excluding tert-OH is 1. The normalized spacial score (nSPS) is 19.2. The zero-order chi connectivity index (χ0) is 13.9. The van der Waals surface area contributed by atoms with Gasteiger partial charge in [-0.3, -0.25) is 0 Å². The molecule has 0 aliphatic heterocycles. The molecule has 0 aromatic heterocycles. The largest absolute Gasteiger partial charge is 0.497 e. The lowest BCUT2D eigenvalue weighted by Crippen LogP contribution is -2.35. The number of aliphatic hydroxyl groups is 1. The predicted octanol–water partition coefficient (Wildman–Crippen LogP) is 2.70. The van der Waals surface area contributed by atoms with Gasteiger partial charge in [-0.15, -0.1) is 0 Å². The molecule has 1 aromatic carbocycles. The average Bonchev–Trinajstić information content (AvgIpc) is 2.95. The van der Waals surface area contributed by atoms with Gasteiger partial charge in [-0.05, 0) is 25.0 Å². The highest BCUT2D eigenvalue weighted by Gasteiger charge is 2.42. The quantitative estimate of drug-likeness (QED) is 0.890. The maximum Gasteiger partial charge on any atom is 0.128 e. The molecule has 1 atom stereocenters. The Labute approximate surface area is 114 Å². The number of methoxy groups -OCH3 is 3. The topological polar surface area (TPSA) is 47.9 Å². The van der Waals surface area contributed by atoms with Crippen LogP contribution in [-0.2, 0) is 4.74 Å². The highest BCUT2D eigenvalue weighted by atomic mass is 16.5. The lowest BCUT2D eigenvalue weighted by atomic mass is 9.88. The first-order chi connectivity index (χ1) is 9.16. The maximum atomic E-state index is 10.7. The molecule has 1 unspecified atom stereocenters. The van der Waals surface area contributed by atoms with Gasteiger partial charge < -0.3 is 19.3 Å². The number of hydrogen-bond donors (Lipinski definition) is 1. The molecule has 1 aliphatic rings. The van der Waals surface area contributed by atoms with Gasteiger partial charge in [-0.2, -0.15) is 0 Å². The van der Waals surface area contributed by atoms with E-state index in [0.29, 0.717) is 11.5 Å². The van der Waals surface area contributed by atoms with E-state index in [1.165, 1.54) is 0 Å². The van der Waals surface area contributed by atoms with Crippen LogP contribution in [0, 0.1) is 0 Å². The molecule has 0 bridgehead atoms. The van der Waals surface area contributed by atoms with E-state index in [4.69, 9.17) is 14.2 Å². The molecular formula is C15H22O4. The summed E-state index contributed by atoms with van der Waals surface area (Å²) in [6, 6.07) is 5.47. The lowest BCUT2D eigenvalue weighted by Gasteiger charge is -2.33. The first-order valence-electron chi connectivity index (χ1n) is 6.62. The molecule has 0 radical (unpaired) electrons. The summed E-state index contributed by atoms with van der Waals surface area (Å²) >= 11 is 0. The van der Waals surface area contributed by atoms with Gasteiger partial charge in [0.25, 0.3) is 0 Å². The predicted molar refractivity (Wildman–Crippen MR) is 72.7 cm³/mol. The van der Waals surface area contributed by atoms with Crippen LogP contribution in [-0.4, -0.2) is 32.0 Å². The summed E-state index contributed by atoms with van der Waals surface area (Å²) in [4.78, 5) is 0. The van der Waals surface area contributed by atoms with Gasteiger partial charge >= 0.3 is 0 Å². The Morgan fingerprint density at radius 3 is 2.32 bits per heavy atom. The van der Waals surface area contributed by atoms with Gasteiger partial charge in [0, 0.05) is 18.7 Å². The molecule has 0 amide bonds. The Kier molecular flexibility index (Phi) is 4.32. The van der Waals surface area contributed by atoms with Crippen molar-refractivity contribution < 1.29 is 19.3 Å². The second-order valence-electron chi connectivity index (χ2n) is 4.99. The third kappa shape index (κ3) is 2.55. The summed E-state index contributed by atoms with van der Waals surface area (Å²) in [5, 5.41) is 10.7. The second kappa shape index (κ2) is 5.80. The first kappa shape index (κ1) is 14.2. The molecule has 0 saturated heterocycles. The van der Waals surface area contributed by atoms with Crippen LogP contribution in [0.4, 0.5) is 0 Å². The fourth-order valence-electron chi connectivity index (χ4n) is 2.89. The number of benzene rings is 1. The van der Waals surface area contributed by atoms with Crippen molar-refractivity contribution in [3.8, 4) is 11.5 Å². The highest BCUT2D eigenvalue weighted by Crippen LogP contribution is 2.45. The second-order valence-corrected chi connectivity index (χ2v) is 4.99. The van der Waals surface area contributed by atoms with Crippen molar-refractivity contribution in [3.05, 3.63) is 23.8 Å². The number of hydrogen-bond acceptors (Lipinski definition) is 4. The Morgan fingerprint density at radius 1 is 1.11 bits per heavy atom. The van der Waals surface area contributed by atoms with E-state index in [-0.39, 0.29) is 0 Å². The summed E-state index contributed by atoms with van der Waals surface area (Å²) in [6.07, 6.45) is 3.24. The summed E-state index contributed by atoms with van der Waals surface area (Å²) < 4.78 is 16.2. The fraction of sp³-hybridized carbons (Fsp3) is 0.600. The van der Waals surface area contributed by atoms with Crippen LogP contribution >= 0.6 is 0 Å². The molecular weight excluding hydrogens is 244 g/mol. The third-order valence-corrected chi connectivity index (χ3v) is 4.09. The number of ether oxygens (including phenoxy) is 3. The van der Waals surface area contributed by atoms with E-state index in [1.807, 2.05) is 12.1 Å². The minimum atomic E-state index is -0.680. The van der Waals surface area contributed by atoms with Crippen molar-refractivity contribution in [2.24, 2.45) is 0 Å². The van der Waals surface area contributed by atoms with E-state index in [1.54, 1.807) is 27.4 Å². The molecule has 4 heteroatoms. The Bertz CT molecular complexity index is 424. The minimum absolute atomic E-state index is 0.484. The zero-order valence-electron chi connectivity index (χ0n) is 11.8. The van der Waals surface area contributed by atoms with E-state index in [0.717, 1.165) is 31.2 Å². The monoisotopic (exact) mass is 266 g/mol. The minimum Gasteiger partial charge on any atom is -0.497 e. The van der Waals surface area contributed by atoms with E-state index in [9.17, 15) is 5.11 Å². The lowest BCUT2D eigenvalue weighted by molar-refractivity contribution is -0.101. The SMILES string of the molecule is COc1ccc(C(O)C2(OC)CCCC2)c(OC)c1. The molecule has 1 N–H and O–H groups in total. The zero-order valence-corrected chi connectivity index (χ0v) is 11.8. The van der Waals surface area contributed by atoms with Gasteiger partial charge in [-0.25, -0.2) is 0 Å². The smallest absolute Gasteiger partial charge is 0.128 e. The van der Waals surface area contributed by atoms with Gasteiger partial charge in [0.15, 0.2) is 0 Å². The van der Waals surface area contributed by atoms with Crippen molar-refractivity contribution in [2.45, 2.75) is 37.4 Å². The molecule has 106 valence electrons. The summed E-state index contributed by atoms with van der Waals surface area (Å²) in [5.74, 6) is 1.35. The molecule has 4 nitrogen and oxygen atoms in total. The number of rotatable bonds is 5. The van der Waals surface area contributed by atoms with Gasteiger partial charge in [0.05, 0.1) is 19.8 Å². The fourth-order valence-corrected chi connectivity index (χ4v) is 2.89. The summed E-state index contributed by atoms with van der Waals surface area (Å²) in [5.41, 5.74) is 0.272. The van der Waals surface area contributed by atoms with Gasteiger partial charge in [0.2, 0.25) is 0 Å². The Balaban J connectivity index is 2.34. The van der Waals surface area contributed by atoms with Crippen molar-refractivity contribution in [3.63, 3.8) is 0 Å². The van der Waals surface area contributed by atoms with Crippen molar-refractivity contribution >= 4 is 0 Å². The van der Waals surface area contributed by atoms with Crippen LogP contribution in [0.2, 0.25) is 0 Å². The van der Waals surface area contributed by atoms with Crippen LogP contribution in [0.15, 0.2) is 18.2 Å². The molecule has 1 aromatic rings. The average molecular weight is 266 g/mol. The summed E-state index contributed by atoms with van der Waals surface area (Å²) in [6.45, 7) is 0. The van der Waals surface area contributed by atoms with Crippen LogP contribution in [0.1, 0.15) is 37.4 Å². The van der Waals surface area contributed by atoms with Gasteiger partial charge in [-0.1, -0.05) is 12.8 Å². The first-order valence-corrected chi connectivity index (χ1v) is 6.62.